The molecule has 4 heterocycles. The molecule has 2 aliphatic heterocycles. The monoisotopic (exact) mass is 1070 g/mol. The topological polar surface area (TPSA) is 212 Å². The van der Waals surface area contributed by atoms with Crippen LogP contribution in [-0.2, 0) is 60.6 Å². The van der Waals surface area contributed by atoms with Crippen LogP contribution in [0.1, 0.15) is 102 Å². The van der Waals surface area contributed by atoms with E-state index in [1.54, 1.807) is 31.5 Å². The number of aldehydes is 1. The molecule has 0 aromatic carbocycles. The van der Waals surface area contributed by atoms with Crippen molar-refractivity contribution >= 4 is 30.9 Å². The third kappa shape index (κ3) is 30.0. The molecule has 4 aliphatic rings. The van der Waals surface area contributed by atoms with E-state index >= 15 is 0 Å². The van der Waals surface area contributed by atoms with Gasteiger partial charge >= 0.3 is 0 Å². The molecular formula is C54H89F3N8O10. The normalized spacial score (nSPS) is 22.0. The smallest absolute Gasteiger partial charge is 0.229 e. The van der Waals surface area contributed by atoms with Crippen molar-refractivity contribution in [2.24, 2.45) is 17.3 Å². The number of methoxy groups -OCH3 is 1. The Bertz CT molecular complexity index is 1780. The third-order valence-electron chi connectivity index (χ3n) is 13.5. The Hall–Kier alpha value is -4.64. The molecule has 426 valence electrons. The molecule has 18 nitrogen and oxygen atoms in total. The summed E-state index contributed by atoms with van der Waals surface area (Å²) in [6, 6.07) is 8.22. The van der Waals surface area contributed by atoms with Gasteiger partial charge in [-0.05, 0) is 107 Å². The summed E-state index contributed by atoms with van der Waals surface area (Å²) < 4.78 is 59.5. The van der Waals surface area contributed by atoms with Gasteiger partial charge in [-0.2, -0.15) is 0 Å². The number of carbonyl (C=O) groups is 5. The van der Waals surface area contributed by atoms with Crippen LogP contribution in [0.3, 0.4) is 0 Å². The van der Waals surface area contributed by atoms with Crippen LogP contribution in [0.4, 0.5) is 13.2 Å². The number of aromatic nitrogens is 2. The molecule has 0 spiro atoms. The number of nitrogens with one attached hydrogen (secondary N) is 4. The zero-order valence-corrected chi connectivity index (χ0v) is 45.3. The summed E-state index contributed by atoms with van der Waals surface area (Å²) in [6.07, 6.45) is 19.2. The molecule has 4 amide bonds. The number of likely N-dealkylation sites (N-methyl/N-ethyl adjacent to an activating group) is 1. The highest BCUT2D eigenvalue weighted by molar-refractivity contribution is 5.79. The van der Waals surface area contributed by atoms with Gasteiger partial charge in [-0.1, -0.05) is 19.9 Å². The number of rotatable bonds is 27. The number of amides is 4. The SMILES string of the molecule is CCC(C=O)CN(C)C=O.CNCCOCCOCCOCCC(=O)NC1CCC(C(=O)NCCCC2(C)CCC(NC3CCOCC3OC)C2)CC1.FCF.O=CN1CCc2ncc(F)cc2C1.c1ccncc1. The lowest BCUT2D eigenvalue weighted by molar-refractivity contribution is -0.126. The van der Waals surface area contributed by atoms with Gasteiger partial charge in [-0.3, -0.25) is 29.1 Å². The Labute approximate surface area is 444 Å². The summed E-state index contributed by atoms with van der Waals surface area (Å²) in [4.78, 5) is 66.7. The maximum atomic E-state index is 12.8. The van der Waals surface area contributed by atoms with Crippen LogP contribution < -0.4 is 21.3 Å². The van der Waals surface area contributed by atoms with Crippen molar-refractivity contribution in [2.45, 2.75) is 128 Å². The number of alkyl halides is 2. The van der Waals surface area contributed by atoms with E-state index in [1.165, 1.54) is 36.4 Å². The Morgan fingerprint density at radius 3 is 2.25 bits per heavy atom. The average molecular weight is 1070 g/mol. The first-order chi connectivity index (χ1) is 36.4. The maximum absolute atomic E-state index is 12.8. The van der Waals surface area contributed by atoms with Crippen LogP contribution in [0.25, 0.3) is 0 Å². The van der Waals surface area contributed by atoms with Crippen LogP contribution in [0.15, 0.2) is 42.9 Å². The number of halogens is 3. The molecule has 2 aliphatic carbocycles. The molecule has 4 N–H and O–H groups in total. The number of hydrogen-bond donors (Lipinski definition) is 4. The Morgan fingerprint density at radius 1 is 0.960 bits per heavy atom. The van der Waals surface area contributed by atoms with Crippen LogP contribution in [0, 0.1) is 23.1 Å². The highest BCUT2D eigenvalue weighted by Gasteiger charge is 2.37. The summed E-state index contributed by atoms with van der Waals surface area (Å²) >= 11 is 0. The van der Waals surface area contributed by atoms with E-state index in [9.17, 15) is 37.1 Å². The van der Waals surface area contributed by atoms with Crippen LogP contribution in [0.2, 0.25) is 0 Å². The molecule has 3 fully saturated rings. The Morgan fingerprint density at radius 2 is 1.65 bits per heavy atom. The van der Waals surface area contributed by atoms with E-state index in [0.717, 1.165) is 101 Å². The fourth-order valence-electron chi connectivity index (χ4n) is 9.18. The minimum absolute atomic E-state index is 0.00444. The standard InChI is InChI=1S/C32H60N4O7.C9H9FN2O.C7H13NO2.C5H5N.CH2F2/c1-32(13-9-27(23-32)35-28-10-16-43-24-29(28)39-3)12-4-14-34-31(38)25-5-7-26(8-6-25)36-30(37)11-17-40-19-21-42-22-20-41-18-15-33-2;10-8-3-7-5-12(6-13)2-1-9(7)11-4-8;1-3-7(5-9)4-8(2)6-10;1-2-4-6-5-3-1;2-1-3/h25-29,33,35H,4-24H2,1-3H3,(H,34,38)(H,36,37);3-4,6H,1-2,5H2;5-7H,3-4H2,1-2H3;1-5H;1H2. The lowest BCUT2D eigenvalue weighted by atomic mass is 9.83. The molecule has 1 saturated heterocycles. The number of carbonyl (C=O) groups excluding carboxylic acids is 5. The number of nitrogens with zero attached hydrogens (tertiary/aromatic N) is 4. The summed E-state index contributed by atoms with van der Waals surface area (Å²) in [5, 5.41) is 13.2. The highest BCUT2D eigenvalue weighted by atomic mass is 19.3. The molecule has 0 radical (unpaired) electrons. The predicted molar refractivity (Wildman–Crippen MR) is 280 cm³/mol. The van der Waals surface area contributed by atoms with Crippen molar-refractivity contribution in [3.8, 4) is 0 Å². The first-order valence-electron chi connectivity index (χ1n) is 26.6. The van der Waals surface area contributed by atoms with Gasteiger partial charge in [-0.15, -0.1) is 0 Å². The molecular weight excluding hydrogens is 978 g/mol. The second kappa shape index (κ2) is 41.5. The first-order valence-corrected chi connectivity index (χ1v) is 26.6. The minimum Gasteiger partial charge on any atom is -0.379 e. The van der Waals surface area contributed by atoms with Crippen molar-refractivity contribution in [1.82, 2.24) is 41.0 Å². The summed E-state index contributed by atoms with van der Waals surface area (Å²) in [7, 11) is 5.33. The van der Waals surface area contributed by atoms with E-state index in [4.69, 9.17) is 23.7 Å². The summed E-state index contributed by atoms with van der Waals surface area (Å²) in [6.45, 7) is 10.4. The molecule has 6 rings (SSSR count). The lowest BCUT2D eigenvalue weighted by Gasteiger charge is -2.34. The first kappa shape index (κ1) is 66.5. The third-order valence-corrected chi connectivity index (χ3v) is 13.5. The van der Waals surface area contributed by atoms with Gasteiger partial charge in [-0.25, -0.2) is 13.2 Å². The van der Waals surface area contributed by atoms with Crippen molar-refractivity contribution in [3.05, 3.63) is 59.9 Å². The molecule has 75 heavy (non-hydrogen) atoms. The number of hydrogen-bond acceptors (Lipinski definition) is 14. The van der Waals surface area contributed by atoms with Crippen molar-refractivity contribution < 1.29 is 60.8 Å². The molecule has 5 atom stereocenters. The molecule has 0 bridgehead atoms. The largest absolute Gasteiger partial charge is 0.379 e. The van der Waals surface area contributed by atoms with Gasteiger partial charge < -0.3 is 59.5 Å². The van der Waals surface area contributed by atoms with Crippen LogP contribution in [-0.4, -0.2) is 182 Å². The van der Waals surface area contributed by atoms with Crippen LogP contribution >= 0.6 is 0 Å². The minimum atomic E-state index is -1.75. The predicted octanol–water partition coefficient (Wildman–Crippen LogP) is 5.17. The van der Waals surface area contributed by atoms with Gasteiger partial charge in [0.1, 0.15) is 12.1 Å². The maximum Gasteiger partial charge on any atom is 0.229 e. The van der Waals surface area contributed by atoms with E-state index < -0.39 is 6.93 Å². The van der Waals surface area contributed by atoms with Gasteiger partial charge in [0.2, 0.25) is 31.6 Å². The fraction of sp³-hybridized carbons (Fsp3) is 0.722. The summed E-state index contributed by atoms with van der Waals surface area (Å²) in [5.74, 6) is -0.113. The Kier molecular flexibility index (Phi) is 36.8. The number of fused-ring (bicyclic) bond motifs is 1. The van der Waals surface area contributed by atoms with E-state index in [2.05, 4.69) is 38.2 Å². The molecule has 5 unspecified atom stereocenters. The molecule has 2 aromatic rings. The van der Waals surface area contributed by atoms with Gasteiger partial charge in [0.15, 0.2) is 0 Å². The van der Waals surface area contributed by atoms with Gasteiger partial charge in [0, 0.05) is 114 Å². The van der Waals surface area contributed by atoms with Crippen molar-refractivity contribution in [1.29, 1.82) is 0 Å². The zero-order chi connectivity index (χ0) is 54.9. The van der Waals surface area contributed by atoms with Crippen LogP contribution in [0.5, 0.6) is 0 Å². The molecule has 2 aromatic heterocycles. The lowest BCUT2D eigenvalue weighted by Crippen LogP contribution is -2.50. The van der Waals surface area contributed by atoms with E-state index in [-0.39, 0.29) is 41.6 Å². The van der Waals surface area contributed by atoms with Gasteiger partial charge in [0.05, 0.1) is 58.5 Å². The summed E-state index contributed by atoms with van der Waals surface area (Å²) in [5.41, 5.74) is 2.05. The van der Waals surface area contributed by atoms with Gasteiger partial charge in [0.25, 0.3) is 0 Å². The number of ether oxygens (including phenoxy) is 5. The second-order valence-corrected chi connectivity index (χ2v) is 19.4. The highest BCUT2D eigenvalue weighted by Crippen LogP contribution is 2.42. The molecule has 2 saturated carbocycles. The molecule has 21 heteroatoms. The Balaban J connectivity index is 0.000000478. The second-order valence-electron chi connectivity index (χ2n) is 19.4. The van der Waals surface area contributed by atoms with E-state index in [1.807, 2.05) is 32.2 Å². The van der Waals surface area contributed by atoms with Crippen molar-refractivity contribution in [2.75, 3.05) is 107 Å². The quantitative estimate of drug-likeness (QED) is 0.0673. The number of pyridine rings is 2. The zero-order valence-electron chi connectivity index (χ0n) is 45.3. The van der Waals surface area contributed by atoms with Crippen molar-refractivity contribution in [3.63, 3.8) is 0 Å². The fourth-order valence-corrected chi connectivity index (χ4v) is 9.18. The van der Waals surface area contributed by atoms with E-state index in [0.29, 0.717) is 96.2 Å². The average Bonchev–Trinajstić information content (AvgIpc) is 3.81.